The van der Waals surface area contributed by atoms with Crippen molar-refractivity contribution >= 4 is 17.8 Å². The van der Waals surface area contributed by atoms with E-state index >= 15 is 0 Å². The molecule has 0 aromatic heterocycles. The van der Waals surface area contributed by atoms with Crippen molar-refractivity contribution in [2.45, 2.75) is 12.2 Å². The zero-order valence-electron chi connectivity index (χ0n) is 13.9. The molecule has 2 unspecified atom stereocenters. The molecule has 130 valence electrons. The molecule has 0 radical (unpaired) electrons. The Morgan fingerprint density at radius 3 is 1.76 bits per heavy atom. The van der Waals surface area contributed by atoms with Crippen LogP contribution in [0.4, 0.5) is 0 Å². The van der Waals surface area contributed by atoms with Crippen LogP contribution in [0.25, 0.3) is 11.1 Å². The number of epoxide rings is 2. The number of hydrogen-bond acceptors (Lipinski definition) is 5. The molecule has 3 aliphatic rings. The molecule has 2 aromatic carbocycles. The standard InChI is InChI=1S/C19H19O5P/c1-25(20)18-6-12(21-8-14-10-23-14)2-4-16(18)17-5-3-13(7-19(17)25)22-9-15-11-24-15/h2-7,14-15H,8-11H2,1H3. The third-order valence-corrected chi connectivity index (χ3v) is 7.40. The number of benzene rings is 2. The summed E-state index contributed by atoms with van der Waals surface area (Å²) in [5, 5.41) is 1.72. The Hall–Kier alpha value is -1.81. The van der Waals surface area contributed by atoms with Crippen molar-refractivity contribution < 1.29 is 23.5 Å². The average Bonchev–Trinajstić information content (AvgIpc) is 3.52. The van der Waals surface area contributed by atoms with Gasteiger partial charge in [0.2, 0.25) is 0 Å². The van der Waals surface area contributed by atoms with E-state index in [-0.39, 0.29) is 12.2 Å². The van der Waals surface area contributed by atoms with Gasteiger partial charge in [-0.3, -0.25) is 0 Å². The van der Waals surface area contributed by atoms with Gasteiger partial charge in [-0.05, 0) is 54.2 Å². The smallest absolute Gasteiger partial charge is 0.141 e. The third-order valence-electron chi connectivity index (χ3n) is 4.82. The van der Waals surface area contributed by atoms with Gasteiger partial charge in [-0.25, -0.2) is 0 Å². The van der Waals surface area contributed by atoms with Crippen LogP contribution in [0.3, 0.4) is 0 Å². The van der Waals surface area contributed by atoms with Crippen molar-refractivity contribution in [3.8, 4) is 22.6 Å². The monoisotopic (exact) mass is 358 g/mol. The fourth-order valence-electron chi connectivity index (χ4n) is 3.20. The number of rotatable bonds is 6. The molecule has 5 nitrogen and oxygen atoms in total. The van der Waals surface area contributed by atoms with Crippen molar-refractivity contribution in [1.82, 2.24) is 0 Å². The molecule has 5 rings (SSSR count). The maximum Gasteiger partial charge on any atom is 0.141 e. The number of ether oxygens (including phenoxy) is 4. The molecular weight excluding hydrogens is 339 g/mol. The highest BCUT2D eigenvalue weighted by Crippen LogP contribution is 2.51. The minimum atomic E-state index is -2.66. The van der Waals surface area contributed by atoms with Crippen molar-refractivity contribution in [2.75, 3.05) is 33.1 Å². The van der Waals surface area contributed by atoms with Gasteiger partial charge in [0.15, 0.2) is 0 Å². The van der Waals surface area contributed by atoms with Crippen molar-refractivity contribution in [1.29, 1.82) is 0 Å². The second kappa shape index (κ2) is 5.60. The van der Waals surface area contributed by atoms with Gasteiger partial charge in [0.05, 0.1) is 13.2 Å². The Kier molecular flexibility index (Phi) is 3.46. The lowest BCUT2D eigenvalue weighted by molar-refractivity contribution is 0.263. The van der Waals surface area contributed by atoms with E-state index < -0.39 is 7.14 Å². The van der Waals surface area contributed by atoms with E-state index in [1.807, 2.05) is 43.1 Å². The first-order valence-corrected chi connectivity index (χ1v) is 10.6. The van der Waals surface area contributed by atoms with E-state index in [2.05, 4.69) is 0 Å². The van der Waals surface area contributed by atoms with E-state index in [4.69, 9.17) is 18.9 Å². The van der Waals surface area contributed by atoms with Gasteiger partial charge < -0.3 is 23.5 Å². The van der Waals surface area contributed by atoms with Crippen LogP contribution in [-0.2, 0) is 14.0 Å². The Labute approximate surface area is 146 Å². The van der Waals surface area contributed by atoms with E-state index in [1.165, 1.54) is 0 Å². The molecule has 3 heterocycles. The molecule has 0 amide bonds. The van der Waals surface area contributed by atoms with Crippen molar-refractivity contribution in [2.24, 2.45) is 0 Å². The van der Waals surface area contributed by atoms with E-state index in [0.29, 0.717) is 13.2 Å². The molecule has 2 aromatic rings. The molecule has 0 N–H and O–H groups in total. The topological polar surface area (TPSA) is 60.6 Å². The predicted octanol–water partition coefficient (Wildman–Crippen LogP) is 2.17. The average molecular weight is 358 g/mol. The van der Waals surface area contributed by atoms with Crippen LogP contribution >= 0.6 is 7.14 Å². The van der Waals surface area contributed by atoms with Gasteiger partial charge in [0.25, 0.3) is 0 Å². The zero-order chi connectivity index (χ0) is 17.0. The predicted molar refractivity (Wildman–Crippen MR) is 95.1 cm³/mol. The second-order valence-electron chi connectivity index (χ2n) is 6.81. The summed E-state index contributed by atoms with van der Waals surface area (Å²) < 4.78 is 35.4. The van der Waals surface area contributed by atoms with Crippen molar-refractivity contribution in [3.05, 3.63) is 36.4 Å². The molecule has 0 saturated carbocycles. The summed E-state index contributed by atoms with van der Waals surface area (Å²) >= 11 is 0. The lowest BCUT2D eigenvalue weighted by Gasteiger charge is -2.11. The van der Waals surface area contributed by atoms with E-state index in [0.717, 1.165) is 46.4 Å². The number of hydrogen-bond donors (Lipinski definition) is 0. The maximum absolute atomic E-state index is 13.5. The quantitative estimate of drug-likeness (QED) is 0.585. The van der Waals surface area contributed by atoms with Gasteiger partial charge in [-0.2, -0.15) is 0 Å². The molecule has 6 heteroatoms. The molecule has 2 atom stereocenters. The molecule has 0 aliphatic carbocycles. The Bertz CT molecular complexity index is 816. The first-order valence-electron chi connectivity index (χ1n) is 8.47. The summed E-state index contributed by atoms with van der Waals surface area (Å²) in [5.41, 5.74) is 2.04. The van der Waals surface area contributed by atoms with Crippen LogP contribution in [0, 0.1) is 0 Å². The van der Waals surface area contributed by atoms with Gasteiger partial charge in [0.1, 0.15) is 44.1 Å². The first-order chi connectivity index (χ1) is 12.1. The fraction of sp³-hybridized carbons (Fsp3) is 0.368. The highest BCUT2D eigenvalue weighted by molar-refractivity contribution is 7.79. The Morgan fingerprint density at radius 1 is 0.920 bits per heavy atom. The minimum Gasteiger partial charge on any atom is -0.491 e. The molecule has 3 aliphatic heterocycles. The SMILES string of the molecule is CP1(=O)c2cc(OCC3CO3)ccc2-c2ccc(OCC3CO3)cc21. The second-order valence-corrected chi connectivity index (χ2v) is 9.63. The summed E-state index contributed by atoms with van der Waals surface area (Å²) in [5.74, 6) is 1.48. The van der Waals surface area contributed by atoms with Gasteiger partial charge in [-0.15, -0.1) is 0 Å². The number of fused-ring (bicyclic) bond motifs is 3. The maximum atomic E-state index is 13.5. The first kappa shape index (κ1) is 15.4. The van der Waals surface area contributed by atoms with E-state index in [1.54, 1.807) is 0 Å². The molecule has 25 heavy (non-hydrogen) atoms. The van der Waals surface area contributed by atoms with Crippen LogP contribution in [-0.4, -0.2) is 45.3 Å². The van der Waals surface area contributed by atoms with Crippen LogP contribution in [0.1, 0.15) is 0 Å². The lowest BCUT2D eigenvalue weighted by atomic mass is 10.1. The molecule has 0 bridgehead atoms. The Morgan fingerprint density at radius 2 is 1.36 bits per heavy atom. The summed E-state index contributed by atoms with van der Waals surface area (Å²) in [6.07, 6.45) is 0.406. The molecule has 2 fully saturated rings. The summed E-state index contributed by atoms with van der Waals surface area (Å²) in [7, 11) is -2.66. The lowest BCUT2D eigenvalue weighted by Crippen LogP contribution is -2.11. The van der Waals surface area contributed by atoms with Gasteiger partial charge in [0, 0.05) is 10.6 Å². The normalized spacial score (nSPS) is 28.2. The summed E-state index contributed by atoms with van der Waals surface area (Å²) in [6.45, 7) is 4.43. The van der Waals surface area contributed by atoms with Crippen LogP contribution in [0.5, 0.6) is 11.5 Å². The van der Waals surface area contributed by atoms with Gasteiger partial charge >= 0.3 is 0 Å². The largest absolute Gasteiger partial charge is 0.491 e. The summed E-state index contributed by atoms with van der Waals surface area (Å²) in [6, 6.07) is 11.7. The van der Waals surface area contributed by atoms with E-state index in [9.17, 15) is 4.57 Å². The zero-order valence-corrected chi connectivity index (χ0v) is 14.8. The van der Waals surface area contributed by atoms with Crippen molar-refractivity contribution in [3.63, 3.8) is 0 Å². The fourth-order valence-corrected chi connectivity index (χ4v) is 5.52. The van der Waals surface area contributed by atoms with Gasteiger partial charge in [-0.1, -0.05) is 0 Å². The summed E-state index contributed by atoms with van der Waals surface area (Å²) in [4.78, 5) is 0. The molecule has 0 spiro atoms. The minimum absolute atomic E-state index is 0.203. The highest BCUT2D eigenvalue weighted by Gasteiger charge is 2.36. The molecule has 2 saturated heterocycles. The highest BCUT2D eigenvalue weighted by atomic mass is 31.2. The van der Waals surface area contributed by atoms with Crippen LogP contribution < -0.4 is 20.1 Å². The van der Waals surface area contributed by atoms with Crippen LogP contribution in [0.15, 0.2) is 36.4 Å². The molecular formula is C19H19O5P. The third kappa shape index (κ3) is 2.86. The van der Waals surface area contributed by atoms with Crippen LogP contribution in [0.2, 0.25) is 0 Å². The Balaban J connectivity index is 1.45.